The fourth-order valence-electron chi connectivity index (χ4n) is 9.71. The molecule has 2 amide bonds. The number of nitrogens with two attached hydrogens (primary N) is 1. The maximum Gasteiger partial charge on any atom is 0.275 e. The van der Waals surface area contributed by atoms with Crippen molar-refractivity contribution in [3.8, 4) is 23.5 Å². The van der Waals surface area contributed by atoms with E-state index in [-0.39, 0.29) is 41.6 Å². The van der Waals surface area contributed by atoms with Crippen molar-refractivity contribution < 1.29 is 18.8 Å². The van der Waals surface area contributed by atoms with E-state index in [0.717, 1.165) is 76.0 Å². The number of aromatic nitrogens is 3. The van der Waals surface area contributed by atoms with Gasteiger partial charge in [0.05, 0.1) is 36.4 Å². The monoisotopic (exact) mass is 853 g/mol. The minimum atomic E-state index is -0.766. The molecular weight excluding hydrogens is 798 g/mol. The van der Waals surface area contributed by atoms with Crippen molar-refractivity contribution >= 4 is 28.3 Å². The fourth-order valence-corrected chi connectivity index (χ4v) is 9.71. The number of aromatic amines is 1. The van der Waals surface area contributed by atoms with Crippen LogP contribution in [-0.4, -0.2) is 129 Å². The number of rotatable bonds is 13. The van der Waals surface area contributed by atoms with Crippen molar-refractivity contribution in [3.05, 3.63) is 124 Å². The van der Waals surface area contributed by atoms with Gasteiger partial charge in [0.25, 0.3) is 11.5 Å². The molecule has 0 radical (unpaired) electrons. The number of carbonyl (C=O) groups is 2. The fraction of sp³-hybridized carbons (Fsp3) is 0.408. The number of nitrogens with zero attached hydrogens (tertiary/aromatic N) is 7. The van der Waals surface area contributed by atoms with Gasteiger partial charge in [0.1, 0.15) is 0 Å². The van der Waals surface area contributed by atoms with Crippen molar-refractivity contribution in [2.24, 2.45) is 5.92 Å². The Morgan fingerprint density at radius 1 is 0.968 bits per heavy atom. The Balaban J connectivity index is 0.777. The second-order valence-corrected chi connectivity index (χ2v) is 17.1. The molecule has 13 nitrogen and oxygen atoms in total. The van der Waals surface area contributed by atoms with Crippen molar-refractivity contribution in [3.63, 3.8) is 0 Å². The molecule has 328 valence electrons. The molecule has 4 saturated heterocycles. The normalized spacial score (nSPS) is 21.4. The molecule has 6 heterocycles. The number of nitrogens with one attached hydrogen (secondary N) is 1. The van der Waals surface area contributed by atoms with Gasteiger partial charge in [-0.3, -0.25) is 19.3 Å². The van der Waals surface area contributed by atoms with E-state index in [0.29, 0.717) is 72.1 Å². The van der Waals surface area contributed by atoms with Crippen LogP contribution in [-0.2, 0) is 22.5 Å². The van der Waals surface area contributed by atoms with Gasteiger partial charge >= 0.3 is 0 Å². The highest BCUT2D eigenvalue weighted by atomic mass is 19.1. The Morgan fingerprint density at radius 3 is 2.37 bits per heavy atom. The van der Waals surface area contributed by atoms with Gasteiger partial charge in [-0.2, -0.15) is 5.10 Å². The zero-order valence-electron chi connectivity index (χ0n) is 36.0. The number of nitrogen functional groups attached to an aromatic ring is 1. The number of anilines is 1. The zero-order chi connectivity index (χ0) is 44.0. The predicted molar refractivity (Wildman–Crippen MR) is 243 cm³/mol. The number of amides is 2. The van der Waals surface area contributed by atoms with Crippen molar-refractivity contribution in [2.45, 2.75) is 57.5 Å². The minimum absolute atomic E-state index is 0.0542. The first-order chi connectivity index (χ1) is 30.6. The molecule has 2 bridgehead atoms. The molecule has 0 saturated carbocycles. The van der Waals surface area contributed by atoms with Gasteiger partial charge in [0, 0.05) is 81.5 Å². The quantitative estimate of drug-likeness (QED) is 0.102. The molecule has 14 heteroatoms. The van der Waals surface area contributed by atoms with E-state index in [4.69, 9.17) is 17.0 Å². The molecule has 0 spiro atoms. The van der Waals surface area contributed by atoms with E-state index in [9.17, 15) is 18.8 Å². The van der Waals surface area contributed by atoms with Crippen LogP contribution in [0.4, 0.5) is 10.1 Å². The molecule has 2 aromatic carbocycles. The number of H-pyrrole nitrogens is 1. The van der Waals surface area contributed by atoms with Crippen LogP contribution in [0.3, 0.4) is 0 Å². The summed E-state index contributed by atoms with van der Waals surface area (Å²) in [6.07, 6.45) is 15.5. The number of pyridine rings is 1. The minimum Gasteiger partial charge on any atom is -0.403 e. The average Bonchev–Trinajstić information content (AvgIpc) is 3.57. The maximum atomic E-state index is 14.8. The van der Waals surface area contributed by atoms with E-state index in [1.54, 1.807) is 29.5 Å². The first-order valence-electron chi connectivity index (χ1n) is 22.1. The van der Waals surface area contributed by atoms with E-state index >= 15 is 0 Å². The van der Waals surface area contributed by atoms with Crippen molar-refractivity contribution in [2.75, 3.05) is 71.2 Å². The Bertz CT molecular complexity index is 2500. The largest absolute Gasteiger partial charge is 0.403 e. The number of piperazine rings is 2. The van der Waals surface area contributed by atoms with Crippen LogP contribution in [0.5, 0.6) is 0 Å². The number of carbonyl (C=O) groups excluding carboxylic acids is 2. The lowest BCUT2D eigenvalue weighted by Crippen LogP contribution is -2.54. The van der Waals surface area contributed by atoms with Gasteiger partial charge in [-0.15, -0.1) is 11.5 Å². The lowest BCUT2D eigenvalue weighted by Gasteiger charge is -2.42. The number of hydroxylamine groups is 2. The van der Waals surface area contributed by atoms with Gasteiger partial charge in [-0.25, -0.2) is 14.5 Å². The van der Waals surface area contributed by atoms with Crippen LogP contribution >= 0.6 is 0 Å². The summed E-state index contributed by atoms with van der Waals surface area (Å²) in [5, 5.41) is 9.54. The number of terminal acetylenes is 1. The van der Waals surface area contributed by atoms with Gasteiger partial charge < -0.3 is 25.3 Å². The molecule has 8 rings (SSSR count). The van der Waals surface area contributed by atoms with Crippen LogP contribution < -0.4 is 11.3 Å². The zero-order valence-corrected chi connectivity index (χ0v) is 36.0. The number of allylic oxidation sites excluding steroid dienone is 4. The topological polar surface area (TPSA) is 144 Å². The second kappa shape index (κ2) is 19.5. The summed E-state index contributed by atoms with van der Waals surface area (Å²) >= 11 is 0. The molecule has 2 unspecified atom stereocenters. The number of hydrogen-bond acceptors (Lipinski definition) is 10. The Morgan fingerprint density at radius 2 is 1.68 bits per heavy atom. The average molecular weight is 854 g/mol. The van der Waals surface area contributed by atoms with E-state index in [1.807, 2.05) is 29.2 Å². The lowest BCUT2D eigenvalue weighted by atomic mass is 9.89. The Hall–Kier alpha value is -6.14. The predicted octanol–water partition coefficient (Wildman–Crippen LogP) is 5.38. The third-order valence-electron chi connectivity index (χ3n) is 13.0. The van der Waals surface area contributed by atoms with Crippen molar-refractivity contribution in [1.82, 2.24) is 39.8 Å². The maximum absolute atomic E-state index is 14.8. The summed E-state index contributed by atoms with van der Waals surface area (Å²) in [6, 6.07) is 17.7. The van der Waals surface area contributed by atoms with Gasteiger partial charge in [0.2, 0.25) is 5.91 Å². The molecule has 0 aliphatic carbocycles. The van der Waals surface area contributed by atoms with E-state index in [1.165, 1.54) is 17.7 Å². The van der Waals surface area contributed by atoms with Crippen LogP contribution in [0.1, 0.15) is 54.4 Å². The summed E-state index contributed by atoms with van der Waals surface area (Å²) in [7, 11) is 0. The Labute approximate surface area is 368 Å². The third-order valence-corrected chi connectivity index (χ3v) is 13.0. The van der Waals surface area contributed by atoms with Gasteiger partial charge in [-0.1, -0.05) is 61.9 Å². The number of aryl methyl sites for hydroxylation is 1. The molecule has 63 heavy (non-hydrogen) atoms. The molecule has 4 fully saturated rings. The first kappa shape index (κ1) is 43.5. The van der Waals surface area contributed by atoms with Crippen molar-refractivity contribution in [1.29, 1.82) is 0 Å². The number of piperidine rings is 1. The summed E-state index contributed by atoms with van der Waals surface area (Å²) in [4.78, 5) is 58.8. The van der Waals surface area contributed by atoms with E-state index in [2.05, 4.69) is 61.4 Å². The molecule has 2 atom stereocenters. The smallest absolute Gasteiger partial charge is 0.275 e. The molecule has 3 N–H and O–H groups in total. The van der Waals surface area contributed by atoms with Gasteiger partial charge in [0.15, 0.2) is 17.3 Å². The first-order valence-corrected chi connectivity index (χ1v) is 22.1. The Kier molecular flexibility index (Phi) is 13.5. The standard InChI is InChI=1S/C49H56FN9O4/c1-4-9-35(27-44-41-12-6-7-13-42(41)48(61)54-53-44)28-45(33(3)50)63-58-22-20-57(21-23-58)46(60)32-56-18-16-55(17-19-56)31-36-25-39-14-15-40(26-36)59(39)49(62)47-43(51)29-38(30-52-47)37-11-8-10-34(5-2)24-37/h1,6-13,24,28-30,36,39-40H,3,5,14-23,25-27,31-32,51H2,2H3,(H,54,61)/b35-9-,45-28+. The molecule has 4 aliphatic heterocycles. The molecular formula is C49H56FN9O4. The molecule has 2 aromatic heterocycles. The van der Waals surface area contributed by atoms with Crippen LogP contribution in [0, 0.1) is 18.3 Å². The highest BCUT2D eigenvalue weighted by Crippen LogP contribution is 2.40. The number of fused-ring (bicyclic) bond motifs is 3. The number of benzene rings is 2. The van der Waals surface area contributed by atoms with Crippen LogP contribution in [0.25, 0.3) is 21.9 Å². The molecule has 4 aliphatic rings. The lowest BCUT2D eigenvalue weighted by molar-refractivity contribution is -0.155. The van der Waals surface area contributed by atoms with Crippen LogP contribution in [0.2, 0.25) is 0 Å². The summed E-state index contributed by atoms with van der Waals surface area (Å²) in [6.45, 7) is 12.0. The van der Waals surface area contributed by atoms with Crippen LogP contribution in [0.15, 0.2) is 101 Å². The summed E-state index contributed by atoms with van der Waals surface area (Å²) < 4.78 is 14.8. The SMILES string of the molecule is C#C/C=C(\C=C(\ON1CCN(C(=O)CN2CCN(CC3CC4CCC(C3)N4C(=O)c3ncc(-c4cccc(CC)c4)cc3N)CC2)CC1)C(=C)F)Cc1n[nH]c(=O)c2ccccc12. The second-order valence-electron chi connectivity index (χ2n) is 17.1. The van der Waals surface area contributed by atoms with E-state index < -0.39 is 5.83 Å². The summed E-state index contributed by atoms with van der Waals surface area (Å²) in [5.74, 6) is 2.16. The highest BCUT2D eigenvalue weighted by molar-refractivity contribution is 5.98. The molecule has 4 aromatic rings. The highest BCUT2D eigenvalue weighted by Gasteiger charge is 2.44. The third kappa shape index (κ3) is 10.1. The number of halogens is 1. The van der Waals surface area contributed by atoms with Gasteiger partial charge in [-0.05, 0) is 79.0 Å². The number of hydrogen-bond donors (Lipinski definition) is 2. The summed E-state index contributed by atoms with van der Waals surface area (Å²) in [5.41, 5.74) is 11.3.